The molecule has 0 aliphatic carbocycles. The average Bonchev–Trinajstić information content (AvgIpc) is 2.60. The number of carbonyl (C=O) groups excluding carboxylic acids is 1. The summed E-state index contributed by atoms with van der Waals surface area (Å²) in [5, 5.41) is 13.7. The highest BCUT2D eigenvalue weighted by atomic mass is 16.6. The van der Waals surface area contributed by atoms with Gasteiger partial charge >= 0.3 is 5.69 Å². The fourth-order valence-corrected chi connectivity index (χ4v) is 2.08. The Balaban J connectivity index is 2.02. The number of para-hydroxylation sites is 2. The molecule has 2 rings (SSSR count). The number of hydrogen-bond donors (Lipinski definition) is 1. The summed E-state index contributed by atoms with van der Waals surface area (Å²) in [5.41, 5.74) is 0.383. The van der Waals surface area contributed by atoms with Gasteiger partial charge < -0.3 is 14.8 Å². The summed E-state index contributed by atoms with van der Waals surface area (Å²) in [7, 11) is 0. The van der Waals surface area contributed by atoms with Crippen LogP contribution in [0.1, 0.15) is 20.3 Å². The Labute approximate surface area is 145 Å². The summed E-state index contributed by atoms with van der Waals surface area (Å²) < 4.78 is 11.0. The van der Waals surface area contributed by atoms with Gasteiger partial charge in [0.15, 0.2) is 11.9 Å². The number of nitrogens with one attached hydrogen (secondary N) is 1. The fraction of sp³-hybridized carbons (Fsp3) is 0.278. The smallest absolute Gasteiger partial charge is 0.310 e. The van der Waals surface area contributed by atoms with Gasteiger partial charge in [0.25, 0.3) is 5.91 Å². The Morgan fingerprint density at radius 1 is 1.24 bits per heavy atom. The average molecular weight is 344 g/mol. The van der Waals surface area contributed by atoms with Crippen LogP contribution in [0.3, 0.4) is 0 Å². The first-order valence-corrected chi connectivity index (χ1v) is 7.95. The molecule has 2 aromatic carbocycles. The van der Waals surface area contributed by atoms with Crippen LogP contribution in [0, 0.1) is 10.1 Å². The van der Waals surface area contributed by atoms with Gasteiger partial charge in [0, 0.05) is 17.8 Å². The minimum Gasteiger partial charge on any atom is -0.494 e. The van der Waals surface area contributed by atoms with Gasteiger partial charge in [-0.05, 0) is 31.5 Å². The van der Waals surface area contributed by atoms with Gasteiger partial charge in [-0.2, -0.15) is 0 Å². The van der Waals surface area contributed by atoms with E-state index in [1.54, 1.807) is 30.3 Å². The molecule has 0 aliphatic rings. The van der Waals surface area contributed by atoms with E-state index in [4.69, 9.17) is 9.47 Å². The summed E-state index contributed by atoms with van der Waals surface area (Å²) in [6.45, 7) is 4.13. The molecule has 0 radical (unpaired) electrons. The second-order valence-electron chi connectivity index (χ2n) is 5.35. The minimum absolute atomic E-state index is 0.0511. The number of rotatable bonds is 8. The molecule has 1 unspecified atom stereocenters. The van der Waals surface area contributed by atoms with Crippen molar-refractivity contribution in [1.82, 2.24) is 0 Å². The SMILES string of the molecule is CCCOc1cccc(NC(=O)C(C)Oc2ccccc2[N+](=O)[O-])c1. The zero-order valence-electron chi connectivity index (χ0n) is 14.1. The van der Waals surface area contributed by atoms with Crippen LogP contribution in [0.15, 0.2) is 48.5 Å². The molecule has 2 aromatic rings. The number of benzene rings is 2. The van der Waals surface area contributed by atoms with E-state index in [0.29, 0.717) is 18.0 Å². The van der Waals surface area contributed by atoms with Gasteiger partial charge in [0.2, 0.25) is 0 Å². The van der Waals surface area contributed by atoms with Crippen LogP contribution in [-0.2, 0) is 4.79 Å². The molecule has 0 bridgehead atoms. The van der Waals surface area contributed by atoms with E-state index in [0.717, 1.165) is 6.42 Å². The van der Waals surface area contributed by atoms with Gasteiger partial charge in [0.1, 0.15) is 5.75 Å². The van der Waals surface area contributed by atoms with Crippen molar-refractivity contribution in [1.29, 1.82) is 0 Å². The normalized spacial score (nSPS) is 11.4. The van der Waals surface area contributed by atoms with Gasteiger partial charge in [-0.15, -0.1) is 0 Å². The lowest BCUT2D eigenvalue weighted by atomic mass is 10.2. The van der Waals surface area contributed by atoms with E-state index in [1.807, 2.05) is 6.92 Å². The zero-order valence-corrected chi connectivity index (χ0v) is 14.1. The summed E-state index contributed by atoms with van der Waals surface area (Å²) in [4.78, 5) is 22.7. The highest BCUT2D eigenvalue weighted by Crippen LogP contribution is 2.27. The molecule has 0 saturated carbocycles. The van der Waals surface area contributed by atoms with Crippen molar-refractivity contribution < 1.29 is 19.2 Å². The lowest BCUT2D eigenvalue weighted by Crippen LogP contribution is -2.30. The van der Waals surface area contributed by atoms with E-state index in [-0.39, 0.29) is 11.4 Å². The Kier molecular flexibility index (Phi) is 6.33. The second-order valence-corrected chi connectivity index (χ2v) is 5.35. The molecule has 0 fully saturated rings. The third-order valence-corrected chi connectivity index (χ3v) is 3.31. The molecule has 0 heterocycles. The Morgan fingerprint density at radius 2 is 2.00 bits per heavy atom. The molecule has 132 valence electrons. The van der Waals surface area contributed by atoms with Gasteiger partial charge in [-0.3, -0.25) is 14.9 Å². The van der Waals surface area contributed by atoms with Crippen molar-refractivity contribution in [2.45, 2.75) is 26.4 Å². The number of nitrogens with zero attached hydrogens (tertiary/aromatic N) is 1. The van der Waals surface area contributed by atoms with Gasteiger partial charge in [-0.1, -0.05) is 25.1 Å². The molecule has 0 aliphatic heterocycles. The maximum atomic E-state index is 12.3. The van der Waals surface area contributed by atoms with Crippen LogP contribution < -0.4 is 14.8 Å². The molecular weight excluding hydrogens is 324 g/mol. The number of ether oxygens (including phenoxy) is 2. The molecule has 7 nitrogen and oxygen atoms in total. The Morgan fingerprint density at radius 3 is 2.72 bits per heavy atom. The zero-order chi connectivity index (χ0) is 18.2. The van der Waals surface area contributed by atoms with Crippen LogP contribution in [0.4, 0.5) is 11.4 Å². The summed E-state index contributed by atoms with van der Waals surface area (Å²) >= 11 is 0. The molecule has 0 spiro atoms. The van der Waals surface area contributed by atoms with Crippen LogP contribution in [0.5, 0.6) is 11.5 Å². The van der Waals surface area contributed by atoms with Crippen LogP contribution in [0.25, 0.3) is 0 Å². The largest absolute Gasteiger partial charge is 0.494 e. The summed E-state index contributed by atoms with van der Waals surface area (Å²) in [6.07, 6.45) is -0.0153. The first-order chi connectivity index (χ1) is 12.0. The molecule has 0 saturated heterocycles. The number of nitro benzene ring substituents is 1. The number of nitro groups is 1. The van der Waals surface area contributed by atoms with Crippen LogP contribution in [-0.4, -0.2) is 23.5 Å². The topological polar surface area (TPSA) is 90.7 Å². The summed E-state index contributed by atoms with van der Waals surface area (Å²) in [6, 6.07) is 13.0. The van der Waals surface area contributed by atoms with Crippen LogP contribution in [0.2, 0.25) is 0 Å². The van der Waals surface area contributed by atoms with Gasteiger partial charge in [0.05, 0.1) is 11.5 Å². The van der Waals surface area contributed by atoms with Crippen molar-refractivity contribution in [3.63, 3.8) is 0 Å². The molecular formula is C18H20N2O5. The van der Waals surface area contributed by atoms with E-state index in [2.05, 4.69) is 5.32 Å². The van der Waals surface area contributed by atoms with Crippen LogP contribution >= 0.6 is 0 Å². The first kappa shape index (κ1) is 18.3. The van der Waals surface area contributed by atoms with Gasteiger partial charge in [-0.25, -0.2) is 0 Å². The first-order valence-electron chi connectivity index (χ1n) is 7.95. The molecule has 1 amide bonds. The molecule has 7 heteroatoms. The number of hydrogen-bond acceptors (Lipinski definition) is 5. The number of carbonyl (C=O) groups is 1. The minimum atomic E-state index is -0.902. The second kappa shape index (κ2) is 8.68. The standard InChI is InChI=1S/C18H20N2O5/c1-3-11-24-15-8-6-7-14(12-15)19-18(21)13(2)25-17-10-5-4-9-16(17)20(22)23/h4-10,12-13H,3,11H2,1-2H3,(H,19,21). The third-order valence-electron chi connectivity index (χ3n) is 3.31. The Bertz CT molecular complexity index is 748. The van der Waals surface area contributed by atoms with Crippen molar-refractivity contribution in [3.8, 4) is 11.5 Å². The van der Waals surface area contributed by atoms with E-state index in [1.165, 1.54) is 25.1 Å². The number of anilines is 1. The maximum absolute atomic E-state index is 12.3. The highest BCUT2D eigenvalue weighted by Gasteiger charge is 2.20. The van der Waals surface area contributed by atoms with Crippen molar-refractivity contribution in [2.75, 3.05) is 11.9 Å². The molecule has 1 N–H and O–H groups in total. The fourth-order valence-electron chi connectivity index (χ4n) is 2.08. The lowest BCUT2D eigenvalue weighted by molar-refractivity contribution is -0.386. The number of amides is 1. The van der Waals surface area contributed by atoms with E-state index >= 15 is 0 Å². The quantitative estimate of drug-likeness (QED) is 0.581. The lowest BCUT2D eigenvalue weighted by Gasteiger charge is -2.15. The van der Waals surface area contributed by atoms with Crippen molar-refractivity contribution in [3.05, 3.63) is 58.6 Å². The van der Waals surface area contributed by atoms with Crippen molar-refractivity contribution in [2.24, 2.45) is 0 Å². The predicted molar refractivity (Wildman–Crippen MR) is 94.0 cm³/mol. The highest BCUT2D eigenvalue weighted by molar-refractivity contribution is 5.94. The van der Waals surface area contributed by atoms with Crippen molar-refractivity contribution >= 4 is 17.3 Å². The molecule has 1 atom stereocenters. The maximum Gasteiger partial charge on any atom is 0.310 e. The summed E-state index contributed by atoms with van der Waals surface area (Å²) in [5.74, 6) is 0.299. The monoisotopic (exact) mass is 344 g/mol. The Hall–Kier alpha value is -3.09. The van der Waals surface area contributed by atoms with E-state index < -0.39 is 16.9 Å². The third kappa shape index (κ3) is 5.20. The molecule has 0 aromatic heterocycles. The van der Waals surface area contributed by atoms with E-state index in [9.17, 15) is 14.9 Å². The predicted octanol–water partition coefficient (Wildman–Crippen LogP) is 3.79. The molecule has 25 heavy (non-hydrogen) atoms.